The van der Waals surface area contributed by atoms with Crippen LogP contribution in [0.4, 0.5) is 0 Å². The van der Waals surface area contributed by atoms with Gasteiger partial charge in [0.15, 0.2) is 6.61 Å². The van der Waals surface area contributed by atoms with Crippen LogP contribution in [0.1, 0.15) is 11.5 Å². The minimum absolute atomic E-state index is 0.0314. The van der Waals surface area contributed by atoms with Crippen molar-refractivity contribution in [2.75, 3.05) is 5.75 Å². The fraction of sp³-hybridized carbons (Fsp3) is 0.167. The van der Waals surface area contributed by atoms with E-state index in [2.05, 4.69) is 10.2 Å². The SMILES string of the molecule is O=C(CSCc1cccc(Cl)c1)OCc1nnc(-c2ccccc2)o1. The summed E-state index contributed by atoms with van der Waals surface area (Å²) in [6.07, 6.45) is 0. The number of benzene rings is 2. The number of rotatable bonds is 7. The number of nitrogens with zero attached hydrogens (tertiary/aromatic N) is 2. The molecule has 2 aromatic carbocycles. The fourth-order valence-electron chi connectivity index (χ4n) is 2.07. The summed E-state index contributed by atoms with van der Waals surface area (Å²) in [6, 6.07) is 17.0. The molecule has 25 heavy (non-hydrogen) atoms. The molecule has 0 unspecified atom stereocenters. The Labute approximate surface area is 154 Å². The monoisotopic (exact) mass is 374 g/mol. The lowest BCUT2D eigenvalue weighted by atomic mass is 10.2. The average molecular weight is 375 g/mol. The molecule has 0 aliphatic carbocycles. The second-order valence-corrected chi connectivity index (χ2v) is 6.57. The molecular weight excluding hydrogens is 360 g/mol. The topological polar surface area (TPSA) is 65.2 Å². The maximum Gasteiger partial charge on any atom is 0.316 e. The van der Waals surface area contributed by atoms with Gasteiger partial charge in [-0.25, -0.2) is 0 Å². The lowest BCUT2D eigenvalue weighted by molar-refractivity contribution is -0.142. The van der Waals surface area contributed by atoms with Gasteiger partial charge in [0.25, 0.3) is 5.89 Å². The minimum atomic E-state index is -0.327. The zero-order valence-corrected chi connectivity index (χ0v) is 14.8. The Morgan fingerprint density at radius 3 is 2.76 bits per heavy atom. The Kier molecular flexibility index (Phi) is 6.09. The maximum atomic E-state index is 11.8. The summed E-state index contributed by atoms with van der Waals surface area (Å²) in [7, 11) is 0. The van der Waals surface area contributed by atoms with Crippen LogP contribution in [0.3, 0.4) is 0 Å². The van der Waals surface area contributed by atoms with Gasteiger partial charge in [0.05, 0.1) is 5.75 Å². The Balaban J connectivity index is 1.43. The number of thioether (sulfide) groups is 1. The van der Waals surface area contributed by atoms with E-state index in [-0.39, 0.29) is 24.2 Å². The van der Waals surface area contributed by atoms with Crippen LogP contribution in [0.15, 0.2) is 59.0 Å². The number of carbonyl (C=O) groups is 1. The molecule has 0 saturated heterocycles. The van der Waals surface area contributed by atoms with Crippen molar-refractivity contribution in [2.24, 2.45) is 0 Å². The maximum absolute atomic E-state index is 11.8. The molecule has 0 aliphatic heterocycles. The van der Waals surface area contributed by atoms with E-state index in [1.807, 2.05) is 54.6 Å². The smallest absolute Gasteiger partial charge is 0.316 e. The van der Waals surface area contributed by atoms with Gasteiger partial charge in [-0.15, -0.1) is 22.0 Å². The number of carbonyl (C=O) groups excluding carboxylic acids is 1. The van der Waals surface area contributed by atoms with Crippen molar-refractivity contribution in [1.29, 1.82) is 0 Å². The molecule has 7 heteroatoms. The highest BCUT2D eigenvalue weighted by molar-refractivity contribution is 7.99. The Morgan fingerprint density at radius 2 is 1.96 bits per heavy atom. The standard InChI is InChI=1S/C18H15ClN2O3S/c19-15-8-4-5-13(9-15)11-25-12-17(22)23-10-16-20-21-18(24-16)14-6-2-1-3-7-14/h1-9H,10-12H2. The highest BCUT2D eigenvalue weighted by Crippen LogP contribution is 2.18. The van der Waals surface area contributed by atoms with E-state index in [4.69, 9.17) is 20.8 Å². The number of halogens is 1. The van der Waals surface area contributed by atoms with E-state index >= 15 is 0 Å². The predicted octanol–water partition coefficient (Wildman–Crippen LogP) is 4.37. The van der Waals surface area contributed by atoms with Crippen molar-refractivity contribution in [3.05, 3.63) is 71.1 Å². The molecule has 0 aliphatic rings. The third kappa shape index (κ3) is 5.34. The highest BCUT2D eigenvalue weighted by atomic mass is 35.5. The number of aromatic nitrogens is 2. The molecule has 3 rings (SSSR count). The molecule has 128 valence electrons. The van der Waals surface area contributed by atoms with E-state index in [9.17, 15) is 4.79 Å². The van der Waals surface area contributed by atoms with Crippen LogP contribution < -0.4 is 0 Å². The quantitative estimate of drug-likeness (QED) is 0.572. The second kappa shape index (κ2) is 8.69. The summed E-state index contributed by atoms with van der Waals surface area (Å²) in [5.74, 6) is 1.28. The van der Waals surface area contributed by atoms with E-state index in [1.54, 1.807) is 0 Å². The van der Waals surface area contributed by atoms with Crippen molar-refractivity contribution in [1.82, 2.24) is 10.2 Å². The third-order valence-corrected chi connectivity index (χ3v) is 4.43. The van der Waals surface area contributed by atoms with Crippen molar-refractivity contribution in [3.63, 3.8) is 0 Å². The average Bonchev–Trinajstić information content (AvgIpc) is 3.10. The van der Waals surface area contributed by atoms with Crippen LogP contribution in [0.5, 0.6) is 0 Å². The van der Waals surface area contributed by atoms with Gasteiger partial charge < -0.3 is 9.15 Å². The first-order chi connectivity index (χ1) is 12.2. The van der Waals surface area contributed by atoms with Crippen molar-refractivity contribution >= 4 is 29.3 Å². The van der Waals surface area contributed by atoms with Gasteiger partial charge in [0.1, 0.15) is 0 Å². The number of hydrogen-bond acceptors (Lipinski definition) is 6. The molecule has 0 spiro atoms. The Bertz CT molecular complexity index is 839. The van der Waals surface area contributed by atoms with E-state index < -0.39 is 0 Å². The van der Waals surface area contributed by atoms with Crippen molar-refractivity contribution in [2.45, 2.75) is 12.4 Å². The van der Waals surface area contributed by atoms with Gasteiger partial charge in [-0.3, -0.25) is 4.79 Å². The van der Waals surface area contributed by atoms with Gasteiger partial charge in [-0.1, -0.05) is 41.9 Å². The first-order valence-corrected chi connectivity index (χ1v) is 9.09. The summed E-state index contributed by atoms with van der Waals surface area (Å²) in [4.78, 5) is 11.8. The zero-order valence-electron chi connectivity index (χ0n) is 13.2. The van der Waals surface area contributed by atoms with Crippen molar-refractivity contribution in [3.8, 4) is 11.5 Å². The van der Waals surface area contributed by atoms with Gasteiger partial charge in [0.2, 0.25) is 5.89 Å². The molecule has 3 aromatic rings. The van der Waals surface area contributed by atoms with E-state index in [0.717, 1.165) is 11.1 Å². The summed E-state index contributed by atoms with van der Waals surface area (Å²) >= 11 is 7.39. The van der Waals surface area contributed by atoms with Crippen LogP contribution in [0, 0.1) is 0 Å². The van der Waals surface area contributed by atoms with Crippen LogP contribution in [0.25, 0.3) is 11.5 Å². The summed E-state index contributed by atoms with van der Waals surface area (Å²) in [5.41, 5.74) is 1.89. The van der Waals surface area contributed by atoms with Crippen LogP contribution in [-0.4, -0.2) is 21.9 Å². The van der Waals surface area contributed by atoms with Gasteiger partial charge in [0, 0.05) is 16.3 Å². The van der Waals surface area contributed by atoms with Gasteiger partial charge >= 0.3 is 5.97 Å². The number of ether oxygens (including phenoxy) is 1. The second-order valence-electron chi connectivity index (χ2n) is 5.15. The lowest BCUT2D eigenvalue weighted by Gasteiger charge is -2.03. The van der Waals surface area contributed by atoms with Gasteiger partial charge in [-0.2, -0.15) is 0 Å². The zero-order chi connectivity index (χ0) is 17.5. The van der Waals surface area contributed by atoms with E-state index in [0.29, 0.717) is 16.7 Å². The molecule has 0 amide bonds. The molecule has 0 saturated carbocycles. The molecular formula is C18H15ClN2O3S. The van der Waals surface area contributed by atoms with Crippen LogP contribution >= 0.6 is 23.4 Å². The number of esters is 1. The first-order valence-electron chi connectivity index (χ1n) is 7.56. The van der Waals surface area contributed by atoms with Crippen LogP contribution in [-0.2, 0) is 21.9 Å². The largest absolute Gasteiger partial charge is 0.455 e. The third-order valence-electron chi connectivity index (χ3n) is 3.22. The highest BCUT2D eigenvalue weighted by Gasteiger charge is 2.11. The molecule has 1 heterocycles. The normalized spacial score (nSPS) is 10.6. The molecule has 0 atom stereocenters. The summed E-state index contributed by atoms with van der Waals surface area (Å²) in [5, 5.41) is 8.52. The van der Waals surface area contributed by atoms with Crippen molar-refractivity contribution < 1.29 is 13.9 Å². The molecule has 1 aromatic heterocycles. The van der Waals surface area contributed by atoms with Crippen LogP contribution in [0.2, 0.25) is 5.02 Å². The summed E-state index contributed by atoms with van der Waals surface area (Å²) < 4.78 is 10.6. The molecule has 5 nitrogen and oxygen atoms in total. The molecule has 0 bridgehead atoms. The predicted molar refractivity (Wildman–Crippen MR) is 97.1 cm³/mol. The number of hydrogen-bond donors (Lipinski definition) is 0. The first kappa shape index (κ1) is 17.5. The Morgan fingerprint density at radius 1 is 1.12 bits per heavy atom. The molecule has 0 radical (unpaired) electrons. The fourth-order valence-corrected chi connectivity index (χ4v) is 3.05. The molecule has 0 N–H and O–H groups in total. The molecule has 0 fully saturated rings. The van der Waals surface area contributed by atoms with Gasteiger partial charge in [-0.05, 0) is 29.8 Å². The lowest BCUT2D eigenvalue weighted by Crippen LogP contribution is -2.07. The summed E-state index contributed by atoms with van der Waals surface area (Å²) in [6.45, 7) is -0.0314. The Hall–Kier alpha value is -2.31. The minimum Gasteiger partial charge on any atom is -0.455 e. The van der Waals surface area contributed by atoms with E-state index in [1.165, 1.54) is 11.8 Å².